The van der Waals surface area contributed by atoms with Crippen LogP contribution in [0.25, 0.3) is 0 Å². The van der Waals surface area contributed by atoms with Gasteiger partial charge in [0.05, 0.1) is 6.10 Å². The van der Waals surface area contributed by atoms with Crippen LogP contribution in [0.2, 0.25) is 0 Å². The molecule has 2 heteroatoms. The smallest absolute Gasteiger partial charge is 0.0544 e. The molecular weight excluding hydrogens is 260 g/mol. The topological polar surface area (TPSA) is 18.5 Å². The van der Waals surface area contributed by atoms with Gasteiger partial charge in [-0.15, -0.1) is 0 Å². The van der Waals surface area contributed by atoms with Gasteiger partial charge >= 0.3 is 0 Å². The van der Waals surface area contributed by atoms with Crippen molar-refractivity contribution in [3.63, 3.8) is 0 Å². The van der Waals surface area contributed by atoms with Gasteiger partial charge in [0, 0.05) is 19.8 Å². The molecule has 2 atom stereocenters. The average Bonchev–Trinajstić information content (AvgIpc) is 2.44. The van der Waals surface area contributed by atoms with Crippen LogP contribution in [0, 0.1) is 5.92 Å². The van der Waals surface area contributed by atoms with Crippen molar-refractivity contribution in [2.75, 3.05) is 19.8 Å². The highest BCUT2D eigenvalue weighted by atomic mass is 16.5. The Morgan fingerprint density at radius 3 is 1.57 bits per heavy atom. The minimum atomic E-state index is 0. The first-order valence-electron chi connectivity index (χ1n) is 8.31. The second kappa shape index (κ2) is 24.9. The molecule has 0 fully saturated rings. The van der Waals surface area contributed by atoms with Gasteiger partial charge in [-0.1, -0.05) is 68.7 Å². The lowest BCUT2D eigenvalue weighted by atomic mass is 10.1. The lowest BCUT2D eigenvalue weighted by Gasteiger charge is -2.13. The Morgan fingerprint density at radius 1 is 0.762 bits per heavy atom. The third-order valence-corrected chi connectivity index (χ3v) is 3.22. The van der Waals surface area contributed by atoms with Crippen LogP contribution in [-0.2, 0) is 9.47 Å². The van der Waals surface area contributed by atoms with Crippen molar-refractivity contribution in [2.24, 2.45) is 5.92 Å². The van der Waals surface area contributed by atoms with E-state index >= 15 is 0 Å². The Labute approximate surface area is 137 Å². The maximum absolute atomic E-state index is 5.54. The standard InChI is InChI=1S/C9H20O.C8H18O.2CH4/c1-5-8(3)7-10-9(4)6-2;1-3-5-7-9-8-6-4-2;;/h8-9H,5-7H2,1-4H3;3-8H2,1-2H3;2*1H4. The van der Waals surface area contributed by atoms with Gasteiger partial charge in [0.2, 0.25) is 0 Å². The number of hydrogen-bond acceptors (Lipinski definition) is 2. The summed E-state index contributed by atoms with van der Waals surface area (Å²) in [4.78, 5) is 0. The summed E-state index contributed by atoms with van der Waals surface area (Å²) < 4.78 is 10.9. The molecule has 2 unspecified atom stereocenters. The van der Waals surface area contributed by atoms with E-state index in [1.165, 1.54) is 32.1 Å². The van der Waals surface area contributed by atoms with Crippen LogP contribution in [0.3, 0.4) is 0 Å². The number of hydrogen-bond donors (Lipinski definition) is 0. The fourth-order valence-corrected chi connectivity index (χ4v) is 1.16. The lowest BCUT2D eigenvalue weighted by molar-refractivity contribution is 0.0411. The number of rotatable bonds is 11. The van der Waals surface area contributed by atoms with E-state index in [2.05, 4.69) is 41.5 Å². The van der Waals surface area contributed by atoms with E-state index in [9.17, 15) is 0 Å². The SMILES string of the molecule is C.C.CCC(C)COC(C)CC.CCCCOCCCC. The van der Waals surface area contributed by atoms with E-state index in [-0.39, 0.29) is 14.9 Å². The first-order valence-corrected chi connectivity index (χ1v) is 8.31. The van der Waals surface area contributed by atoms with E-state index in [1.54, 1.807) is 0 Å². The Hall–Kier alpha value is -0.0800. The van der Waals surface area contributed by atoms with Crippen LogP contribution in [0.1, 0.15) is 94.9 Å². The third kappa shape index (κ3) is 28.7. The molecule has 134 valence electrons. The predicted octanol–water partition coefficient (Wildman–Crippen LogP) is 6.72. The maximum atomic E-state index is 5.54. The van der Waals surface area contributed by atoms with Crippen molar-refractivity contribution in [3.05, 3.63) is 0 Å². The van der Waals surface area contributed by atoms with Crippen molar-refractivity contribution in [2.45, 2.75) is 101 Å². The van der Waals surface area contributed by atoms with Crippen LogP contribution in [-0.4, -0.2) is 25.9 Å². The molecule has 0 N–H and O–H groups in total. The Kier molecular flexibility index (Phi) is 34.4. The van der Waals surface area contributed by atoms with Crippen LogP contribution in [0.5, 0.6) is 0 Å². The van der Waals surface area contributed by atoms with Crippen LogP contribution in [0.4, 0.5) is 0 Å². The van der Waals surface area contributed by atoms with Crippen molar-refractivity contribution in [1.29, 1.82) is 0 Å². The minimum absolute atomic E-state index is 0. The fraction of sp³-hybridized carbons (Fsp3) is 1.00. The summed E-state index contributed by atoms with van der Waals surface area (Å²) in [7, 11) is 0. The maximum Gasteiger partial charge on any atom is 0.0544 e. The molecule has 0 rings (SSSR count). The lowest BCUT2D eigenvalue weighted by Crippen LogP contribution is -2.12. The Morgan fingerprint density at radius 2 is 1.24 bits per heavy atom. The van der Waals surface area contributed by atoms with Crippen molar-refractivity contribution in [3.8, 4) is 0 Å². The molecule has 21 heavy (non-hydrogen) atoms. The summed E-state index contributed by atoms with van der Waals surface area (Å²) >= 11 is 0. The van der Waals surface area contributed by atoms with Crippen molar-refractivity contribution in [1.82, 2.24) is 0 Å². The van der Waals surface area contributed by atoms with Crippen LogP contribution < -0.4 is 0 Å². The second-order valence-electron chi connectivity index (χ2n) is 5.39. The van der Waals surface area contributed by atoms with Gasteiger partial charge in [-0.3, -0.25) is 0 Å². The highest BCUT2D eigenvalue weighted by Crippen LogP contribution is 2.04. The molecule has 2 nitrogen and oxygen atoms in total. The van der Waals surface area contributed by atoms with Gasteiger partial charge in [0.25, 0.3) is 0 Å². The molecule has 0 heterocycles. The molecule has 0 aromatic heterocycles. The quantitative estimate of drug-likeness (QED) is 0.394. The van der Waals surface area contributed by atoms with Gasteiger partial charge in [-0.05, 0) is 32.1 Å². The van der Waals surface area contributed by atoms with Gasteiger partial charge in [0.1, 0.15) is 0 Å². The molecule has 0 aromatic rings. The van der Waals surface area contributed by atoms with Gasteiger partial charge in [0.15, 0.2) is 0 Å². The highest BCUT2D eigenvalue weighted by molar-refractivity contribution is 4.49. The van der Waals surface area contributed by atoms with Crippen LogP contribution in [0.15, 0.2) is 0 Å². The number of ether oxygens (including phenoxy) is 2. The van der Waals surface area contributed by atoms with Crippen molar-refractivity contribution >= 4 is 0 Å². The molecule has 0 spiro atoms. The van der Waals surface area contributed by atoms with E-state index < -0.39 is 0 Å². The fourth-order valence-electron chi connectivity index (χ4n) is 1.16. The van der Waals surface area contributed by atoms with Crippen molar-refractivity contribution < 1.29 is 9.47 Å². The summed E-state index contributed by atoms with van der Waals surface area (Å²) in [5.41, 5.74) is 0. The molecular formula is C19H46O2. The average molecular weight is 307 g/mol. The first kappa shape index (κ1) is 29.0. The summed E-state index contributed by atoms with van der Waals surface area (Å²) in [6.07, 6.45) is 7.69. The van der Waals surface area contributed by atoms with E-state index in [0.29, 0.717) is 12.0 Å². The third-order valence-electron chi connectivity index (χ3n) is 3.22. The Bertz CT molecular complexity index is 133. The van der Waals surface area contributed by atoms with Crippen LogP contribution >= 0.6 is 0 Å². The van der Waals surface area contributed by atoms with Gasteiger partial charge < -0.3 is 9.47 Å². The zero-order chi connectivity index (χ0) is 14.9. The summed E-state index contributed by atoms with van der Waals surface area (Å²) in [5, 5.41) is 0. The summed E-state index contributed by atoms with van der Waals surface area (Å²) in [6, 6.07) is 0. The molecule has 0 aliphatic heterocycles. The molecule has 0 aliphatic carbocycles. The number of unbranched alkanes of at least 4 members (excludes halogenated alkanes) is 2. The normalized spacial score (nSPS) is 12.3. The van der Waals surface area contributed by atoms with E-state index in [4.69, 9.17) is 9.47 Å². The summed E-state index contributed by atoms with van der Waals surface area (Å²) in [5.74, 6) is 0.717. The monoisotopic (exact) mass is 306 g/mol. The van der Waals surface area contributed by atoms with Gasteiger partial charge in [-0.25, -0.2) is 0 Å². The molecule has 0 aromatic carbocycles. The Balaban J connectivity index is -0.000000126. The zero-order valence-corrected chi connectivity index (χ0v) is 14.3. The minimum Gasteiger partial charge on any atom is -0.381 e. The summed E-state index contributed by atoms with van der Waals surface area (Å²) in [6.45, 7) is 15.9. The molecule has 0 saturated heterocycles. The molecule has 0 amide bonds. The van der Waals surface area contributed by atoms with E-state index in [0.717, 1.165) is 26.2 Å². The largest absolute Gasteiger partial charge is 0.381 e. The molecule has 0 radical (unpaired) electrons. The zero-order valence-electron chi connectivity index (χ0n) is 14.3. The molecule has 0 bridgehead atoms. The molecule has 0 aliphatic rings. The molecule has 0 saturated carbocycles. The first-order chi connectivity index (χ1) is 9.12. The van der Waals surface area contributed by atoms with E-state index in [1.807, 2.05) is 0 Å². The predicted molar refractivity (Wildman–Crippen MR) is 99.3 cm³/mol. The highest BCUT2D eigenvalue weighted by Gasteiger charge is 2.01. The second-order valence-corrected chi connectivity index (χ2v) is 5.39. The van der Waals surface area contributed by atoms with Gasteiger partial charge in [-0.2, -0.15) is 0 Å².